The van der Waals surface area contributed by atoms with Gasteiger partial charge in [0.1, 0.15) is 5.54 Å². The van der Waals surface area contributed by atoms with E-state index in [9.17, 15) is 23.3 Å². The summed E-state index contributed by atoms with van der Waals surface area (Å²) >= 11 is 0. The highest BCUT2D eigenvalue weighted by atomic mass is 32.2. The van der Waals surface area contributed by atoms with E-state index in [1.165, 1.54) is 11.8 Å². The molecule has 0 spiro atoms. The molecule has 0 radical (unpaired) electrons. The summed E-state index contributed by atoms with van der Waals surface area (Å²) in [6.07, 6.45) is 7.22. The van der Waals surface area contributed by atoms with Crippen LogP contribution < -0.4 is 10.6 Å². The second-order valence-corrected chi connectivity index (χ2v) is 10.0. The molecule has 0 atom stereocenters. The van der Waals surface area contributed by atoms with Crippen molar-refractivity contribution in [3.8, 4) is 6.19 Å². The van der Waals surface area contributed by atoms with Crippen molar-refractivity contribution in [1.82, 2.24) is 14.9 Å². The van der Waals surface area contributed by atoms with Gasteiger partial charge >= 0.3 is 0 Å². The summed E-state index contributed by atoms with van der Waals surface area (Å²) in [6, 6.07) is 7.37. The maximum atomic E-state index is 13.0. The van der Waals surface area contributed by atoms with E-state index in [1.807, 2.05) is 12.1 Å². The van der Waals surface area contributed by atoms with Gasteiger partial charge in [0.25, 0.3) is 11.8 Å². The van der Waals surface area contributed by atoms with Crippen molar-refractivity contribution in [3.63, 3.8) is 0 Å². The van der Waals surface area contributed by atoms with E-state index < -0.39 is 27.4 Å². The van der Waals surface area contributed by atoms with Crippen molar-refractivity contribution >= 4 is 21.8 Å². The first kappa shape index (κ1) is 22.2. The van der Waals surface area contributed by atoms with Crippen LogP contribution in [0.1, 0.15) is 66.8 Å². The smallest absolute Gasteiger partial charge is 0.275 e. The van der Waals surface area contributed by atoms with Gasteiger partial charge < -0.3 is 10.6 Å². The topological polar surface area (TPSA) is 119 Å². The van der Waals surface area contributed by atoms with E-state index >= 15 is 0 Å². The molecule has 9 heteroatoms. The third-order valence-electron chi connectivity index (χ3n) is 6.06. The molecule has 1 saturated carbocycles. The van der Waals surface area contributed by atoms with Crippen molar-refractivity contribution in [2.75, 3.05) is 19.3 Å². The second kappa shape index (κ2) is 9.14. The van der Waals surface area contributed by atoms with Crippen LogP contribution in [0.2, 0.25) is 0 Å². The summed E-state index contributed by atoms with van der Waals surface area (Å²) < 4.78 is 24.0. The molecule has 0 unspecified atom stereocenters. The molecule has 3 rings (SSSR count). The zero-order valence-electron chi connectivity index (χ0n) is 17.2. The van der Waals surface area contributed by atoms with E-state index in [-0.39, 0.29) is 4.31 Å². The lowest BCUT2D eigenvalue weighted by atomic mass is 9.80. The standard InChI is InChI=1S/C21H28N4O4S/c1-30(28,29)25(15-22)20(27)21(11-3-2-4-12-21)24-19(26)18-7-5-16(6-8-18)17-9-13-23-14-10-17/h5-8,17,23H,2-4,9-14H2,1H3,(H,24,26). The SMILES string of the molecule is CS(=O)(=O)N(C#N)C(=O)C1(NC(=O)c2ccc(C3CCNCC3)cc2)CCCCC1. The first-order valence-corrected chi connectivity index (χ1v) is 12.2. The van der Waals surface area contributed by atoms with Gasteiger partial charge in [-0.05, 0) is 62.4 Å². The summed E-state index contributed by atoms with van der Waals surface area (Å²) in [5.41, 5.74) is 0.208. The molecular formula is C21H28N4O4S. The van der Waals surface area contributed by atoms with E-state index in [4.69, 9.17) is 0 Å². The average Bonchev–Trinajstić information content (AvgIpc) is 2.74. The van der Waals surface area contributed by atoms with E-state index in [1.54, 1.807) is 12.1 Å². The molecule has 1 saturated heterocycles. The van der Waals surface area contributed by atoms with Crippen LogP contribution >= 0.6 is 0 Å². The quantitative estimate of drug-likeness (QED) is 0.541. The fourth-order valence-corrected chi connectivity index (χ4v) is 4.99. The number of carbonyl (C=O) groups is 2. The number of sulfonamides is 1. The largest absolute Gasteiger partial charge is 0.338 e. The first-order chi connectivity index (χ1) is 14.3. The summed E-state index contributed by atoms with van der Waals surface area (Å²) in [4.78, 5) is 26.0. The van der Waals surface area contributed by atoms with Gasteiger partial charge in [0, 0.05) is 5.56 Å². The minimum atomic E-state index is -4.05. The van der Waals surface area contributed by atoms with Gasteiger partial charge in [0.2, 0.25) is 16.2 Å². The number of rotatable bonds is 5. The molecular weight excluding hydrogens is 404 g/mol. The number of nitriles is 1. The number of hydrogen-bond acceptors (Lipinski definition) is 6. The number of hydrogen-bond donors (Lipinski definition) is 2. The van der Waals surface area contributed by atoms with Crippen LogP contribution in [0.5, 0.6) is 0 Å². The zero-order valence-corrected chi connectivity index (χ0v) is 18.0. The molecule has 1 heterocycles. The maximum Gasteiger partial charge on any atom is 0.275 e. The van der Waals surface area contributed by atoms with Gasteiger partial charge in [-0.3, -0.25) is 9.59 Å². The number of nitrogens with one attached hydrogen (secondary N) is 2. The van der Waals surface area contributed by atoms with Gasteiger partial charge in [-0.2, -0.15) is 5.26 Å². The van der Waals surface area contributed by atoms with Crippen LogP contribution in [-0.4, -0.2) is 49.4 Å². The lowest BCUT2D eigenvalue weighted by Crippen LogP contribution is -2.60. The molecule has 1 aliphatic carbocycles. The minimum Gasteiger partial charge on any atom is -0.338 e. The second-order valence-electron chi connectivity index (χ2n) is 8.18. The predicted molar refractivity (Wildman–Crippen MR) is 112 cm³/mol. The molecule has 2 aliphatic rings. The summed E-state index contributed by atoms with van der Waals surface area (Å²) in [5, 5.41) is 15.4. The molecule has 1 aromatic rings. The van der Waals surface area contributed by atoms with Crippen LogP contribution in [-0.2, 0) is 14.8 Å². The normalized spacial score (nSPS) is 19.5. The Balaban J connectivity index is 1.80. The molecule has 1 aliphatic heterocycles. The zero-order chi connectivity index (χ0) is 21.8. The Morgan fingerprint density at radius 3 is 2.27 bits per heavy atom. The van der Waals surface area contributed by atoms with Gasteiger partial charge in [0.05, 0.1) is 6.26 Å². The summed E-state index contributed by atoms with van der Waals surface area (Å²) in [6.45, 7) is 1.96. The Morgan fingerprint density at radius 2 is 1.73 bits per heavy atom. The van der Waals surface area contributed by atoms with Crippen molar-refractivity contribution in [1.29, 1.82) is 5.26 Å². The maximum absolute atomic E-state index is 13.0. The number of carbonyl (C=O) groups excluding carboxylic acids is 2. The highest BCUT2D eigenvalue weighted by molar-refractivity contribution is 7.89. The Labute approximate surface area is 177 Å². The predicted octanol–water partition coefficient (Wildman–Crippen LogP) is 1.86. The van der Waals surface area contributed by atoms with Crippen molar-refractivity contribution in [2.24, 2.45) is 0 Å². The third kappa shape index (κ3) is 4.82. The average molecular weight is 433 g/mol. The van der Waals surface area contributed by atoms with E-state index in [0.29, 0.717) is 37.2 Å². The molecule has 0 bridgehead atoms. The minimum absolute atomic E-state index is 0.193. The Morgan fingerprint density at radius 1 is 1.13 bits per heavy atom. The van der Waals surface area contributed by atoms with Crippen LogP contribution in [0.4, 0.5) is 0 Å². The van der Waals surface area contributed by atoms with Crippen LogP contribution in [0.3, 0.4) is 0 Å². The molecule has 30 heavy (non-hydrogen) atoms. The monoisotopic (exact) mass is 432 g/mol. The van der Waals surface area contributed by atoms with Gasteiger partial charge in [-0.15, -0.1) is 4.31 Å². The number of nitrogens with zero attached hydrogens (tertiary/aromatic N) is 2. The number of amides is 2. The fourth-order valence-electron chi connectivity index (χ4n) is 4.36. The van der Waals surface area contributed by atoms with Crippen molar-refractivity contribution < 1.29 is 18.0 Å². The Kier molecular flexibility index (Phi) is 6.78. The number of benzene rings is 1. The summed E-state index contributed by atoms with van der Waals surface area (Å²) in [7, 11) is -4.05. The van der Waals surface area contributed by atoms with Crippen LogP contribution in [0.15, 0.2) is 24.3 Å². The van der Waals surface area contributed by atoms with Gasteiger partial charge in [-0.25, -0.2) is 8.42 Å². The molecule has 8 nitrogen and oxygen atoms in total. The molecule has 1 aromatic carbocycles. The van der Waals surface area contributed by atoms with Crippen LogP contribution in [0.25, 0.3) is 0 Å². The highest BCUT2D eigenvalue weighted by Crippen LogP contribution is 2.31. The molecule has 0 aromatic heterocycles. The molecule has 162 valence electrons. The third-order valence-corrected chi connectivity index (χ3v) is 6.97. The van der Waals surface area contributed by atoms with E-state index in [0.717, 1.165) is 38.6 Å². The van der Waals surface area contributed by atoms with Crippen molar-refractivity contribution in [3.05, 3.63) is 35.4 Å². The van der Waals surface area contributed by atoms with Crippen LogP contribution in [0, 0.1) is 11.5 Å². The Hall–Kier alpha value is -2.44. The molecule has 2 fully saturated rings. The highest BCUT2D eigenvalue weighted by Gasteiger charge is 2.46. The summed E-state index contributed by atoms with van der Waals surface area (Å²) in [5.74, 6) is -0.853. The lowest BCUT2D eigenvalue weighted by molar-refractivity contribution is -0.132. The lowest BCUT2D eigenvalue weighted by Gasteiger charge is -2.37. The van der Waals surface area contributed by atoms with Gasteiger partial charge in [0.15, 0.2) is 0 Å². The molecule has 2 amide bonds. The Bertz CT molecular complexity index is 925. The fraction of sp³-hybridized carbons (Fsp3) is 0.571. The van der Waals surface area contributed by atoms with E-state index in [2.05, 4.69) is 10.6 Å². The van der Waals surface area contributed by atoms with Gasteiger partial charge in [-0.1, -0.05) is 31.4 Å². The first-order valence-electron chi connectivity index (χ1n) is 10.3. The molecule has 2 N–H and O–H groups in total. The van der Waals surface area contributed by atoms with Crippen molar-refractivity contribution in [2.45, 2.75) is 56.4 Å². The number of piperidine rings is 1.